The minimum Gasteiger partial charge on any atom is -0.378 e. The Hall–Kier alpha value is -1.66. The monoisotopic (exact) mass is 304 g/mol. The lowest BCUT2D eigenvalue weighted by Gasteiger charge is -2.30. The number of anilines is 1. The van der Waals surface area contributed by atoms with Crippen molar-refractivity contribution in [1.29, 1.82) is 0 Å². The van der Waals surface area contributed by atoms with Gasteiger partial charge in [-0.1, -0.05) is 0 Å². The molecule has 0 bridgehead atoms. The summed E-state index contributed by atoms with van der Waals surface area (Å²) in [6.07, 6.45) is 2.73. The van der Waals surface area contributed by atoms with Crippen LogP contribution in [0.4, 0.5) is 5.82 Å². The van der Waals surface area contributed by atoms with Gasteiger partial charge in [0, 0.05) is 31.9 Å². The molecule has 2 aliphatic heterocycles. The Morgan fingerprint density at radius 2 is 2.23 bits per heavy atom. The standard InChI is InChI=1S/C16H24N4O2/c1-12-9-13(10-17)11-20(12)16(21)14-3-2-4-18-15(14)19-5-7-22-8-6-19/h2-4,12-13H,5-11,17H2,1H3. The zero-order valence-electron chi connectivity index (χ0n) is 13.1. The molecule has 3 heterocycles. The number of hydrogen-bond donors (Lipinski definition) is 1. The Balaban J connectivity index is 1.83. The average molecular weight is 304 g/mol. The van der Waals surface area contributed by atoms with Crippen molar-refractivity contribution < 1.29 is 9.53 Å². The molecule has 6 nitrogen and oxygen atoms in total. The third kappa shape index (κ3) is 2.94. The average Bonchev–Trinajstić information content (AvgIpc) is 2.96. The number of carbonyl (C=O) groups excluding carboxylic acids is 1. The molecule has 3 rings (SSSR count). The molecule has 2 N–H and O–H groups in total. The van der Waals surface area contributed by atoms with Gasteiger partial charge in [0.2, 0.25) is 0 Å². The molecule has 2 atom stereocenters. The fourth-order valence-corrected chi connectivity index (χ4v) is 3.34. The SMILES string of the molecule is CC1CC(CN)CN1C(=O)c1cccnc1N1CCOCC1. The Morgan fingerprint density at radius 3 is 2.91 bits per heavy atom. The zero-order valence-corrected chi connectivity index (χ0v) is 13.1. The number of likely N-dealkylation sites (tertiary alicyclic amines) is 1. The largest absolute Gasteiger partial charge is 0.378 e. The molecule has 0 aliphatic carbocycles. The van der Waals surface area contributed by atoms with E-state index in [0.717, 1.165) is 31.9 Å². The van der Waals surface area contributed by atoms with E-state index in [1.807, 2.05) is 17.0 Å². The summed E-state index contributed by atoms with van der Waals surface area (Å²) >= 11 is 0. The Morgan fingerprint density at radius 1 is 1.45 bits per heavy atom. The number of rotatable bonds is 3. The molecule has 1 aromatic rings. The maximum absolute atomic E-state index is 13.0. The summed E-state index contributed by atoms with van der Waals surface area (Å²) < 4.78 is 5.39. The molecule has 2 saturated heterocycles. The Labute approximate surface area is 131 Å². The highest BCUT2D eigenvalue weighted by atomic mass is 16.5. The van der Waals surface area contributed by atoms with Crippen molar-refractivity contribution in [3.63, 3.8) is 0 Å². The molecule has 1 amide bonds. The van der Waals surface area contributed by atoms with Gasteiger partial charge in [-0.25, -0.2) is 4.98 Å². The predicted molar refractivity (Wildman–Crippen MR) is 84.9 cm³/mol. The van der Waals surface area contributed by atoms with E-state index in [1.54, 1.807) is 6.20 Å². The number of aromatic nitrogens is 1. The van der Waals surface area contributed by atoms with Gasteiger partial charge in [-0.2, -0.15) is 0 Å². The van der Waals surface area contributed by atoms with Crippen LogP contribution < -0.4 is 10.6 Å². The fraction of sp³-hybridized carbons (Fsp3) is 0.625. The van der Waals surface area contributed by atoms with Gasteiger partial charge < -0.3 is 20.3 Å². The van der Waals surface area contributed by atoms with Crippen LogP contribution in [-0.4, -0.2) is 61.2 Å². The molecule has 120 valence electrons. The van der Waals surface area contributed by atoms with E-state index in [0.29, 0.717) is 31.2 Å². The molecule has 0 radical (unpaired) electrons. The summed E-state index contributed by atoms with van der Waals surface area (Å²) in [6.45, 7) is 6.39. The normalized spacial score (nSPS) is 25.5. The summed E-state index contributed by atoms with van der Waals surface area (Å²) in [5.41, 5.74) is 6.46. The van der Waals surface area contributed by atoms with Crippen LogP contribution in [0.5, 0.6) is 0 Å². The van der Waals surface area contributed by atoms with Gasteiger partial charge in [-0.15, -0.1) is 0 Å². The van der Waals surface area contributed by atoms with Crippen LogP contribution in [0.1, 0.15) is 23.7 Å². The first kappa shape index (κ1) is 15.2. The number of nitrogens with two attached hydrogens (primary N) is 1. The van der Waals surface area contributed by atoms with Crippen molar-refractivity contribution in [3.8, 4) is 0 Å². The van der Waals surface area contributed by atoms with Crippen LogP contribution in [0.15, 0.2) is 18.3 Å². The van der Waals surface area contributed by atoms with Crippen LogP contribution in [0.25, 0.3) is 0 Å². The summed E-state index contributed by atoms with van der Waals surface area (Å²) in [5, 5.41) is 0. The van der Waals surface area contributed by atoms with Gasteiger partial charge in [-0.3, -0.25) is 4.79 Å². The Bertz CT molecular complexity index is 531. The van der Waals surface area contributed by atoms with Crippen molar-refractivity contribution >= 4 is 11.7 Å². The van der Waals surface area contributed by atoms with Gasteiger partial charge in [0.25, 0.3) is 5.91 Å². The van der Waals surface area contributed by atoms with E-state index in [9.17, 15) is 4.79 Å². The molecule has 2 unspecified atom stereocenters. The number of carbonyl (C=O) groups is 1. The van der Waals surface area contributed by atoms with Crippen molar-refractivity contribution in [3.05, 3.63) is 23.9 Å². The quantitative estimate of drug-likeness (QED) is 0.891. The van der Waals surface area contributed by atoms with Gasteiger partial charge in [0.05, 0.1) is 18.8 Å². The topological polar surface area (TPSA) is 71.7 Å². The van der Waals surface area contributed by atoms with E-state index >= 15 is 0 Å². The first-order chi connectivity index (χ1) is 10.7. The highest BCUT2D eigenvalue weighted by Gasteiger charge is 2.33. The lowest BCUT2D eigenvalue weighted by Crippen LogP contribution is -2.40. The van der Waals surface area contributed by atoms with Crippen LogP contribution >= 0.6 is 0 Å². The lowest BCUT2D eigenvalue weighted by atomic mass is 10.1. The van der Waals surface area contributed by atoms with E-state index in [-0.39, 0.29) is 11.9 Å². The summed E-state index contributed by atoms with van der Waals surface area (Å²) in [6, 6.07) is 3.94. The van der Waals surface area contributed by atoms with E-state index < -0.39 is 0 Å². The smallest absolute Gasteiger partial charge is 0.257 e. The lowest BCUT2D eigenvalue weighted by molar-refractivity contribution is 0.0742. The Kier molecular flexibility index (Phi) is 4.59. The highest BCUT2D eigenvalue weighted by Crippen LogP contribution is 2.27. The van der Waals surface area contributed by atoms with Crippen LogP contribution in [0.3, 0.4) is 0 Å². The summed E-state index contributed by atoms with van der Waals surface area (Å²) in [4.78, 5) is 21.5. The number of ether oxygens (including phenoxy) is 1. The van der Waals surface area contributed by atoms with Crippen LogP contribution in [-0.2, 0) is 4.74 Å². The maximum atomic E-state index is 13.0. The van der Waals surface area contributed by atoms with Gasteiger partial charge in [0.15, 0.2) is 0 Å². The minimum atomic E-state index is 0.0676. The minimum absolute atomic E-state index is 0.0676. The van der Waals surface area contributed by atoms with E-state index in [1.165, 1.54) is 0 Å². The fourth-order valence-electron chi connectivity index (χ4n) is 3.34. The van der Waals surface area contributed by atoms with Gasteiger partial charge in [0.1, 0.15) is 5.82 Å². The van der Waals surface area contributed by atoms with Crippen molar-refractivity contribution in [2.24, 2.45) is 11.7 Å². The second-order valence-electron chi connectivity index (χ2n) is 6.12. The molecule has 22 heavy (non-hydrogen) atoms. The molecule has 1 aromatic heterocycles. The first-order valence-corrected chi connectivity index (χ1v) is 7.99. The van der Waals surface area contributed by atoms with Gasteiger partial charge >= 0.3 is 0 Å². The van der Waals surface area contributed by atoms with Crippen molar-refractivity contribution in [2.75, 3.05) is 44.3 Å². The van der Waals surface area contributed by atoms with E-state index in [2.05, 4.69) is 16.8 Å². The van der Waals surface area contributed by atoms with Crippen LogP contribution in [0.2, 0.25) is 0 Å². The van der Waals surface area contributed by atoms with Gasteiger partial charge in [-0.05, 0) is 37.9 Å². The van der Waals surface area contributed by atoms with E-state index in [4.69, 9.17) is 10.5 Å². The highest BCUT2D eigenvalue weighted by molar-refractivity contribution is 5.99. The summed E-state index contributed by atoms with van der Waals surface area (Å²) in [7, 11) is 0. The molecule has 6 heteroatoms. The van der Waals surface area contributed by atoms with Crippen molar-refractivity contribution in [1.82, 2.24) is 9.88 Å². The third-order valence-corrected chi connectivity index (χ3v) is 4.58. The number of nitrogens with zero attached hydrogens (tertiary/aromatic N) is 3. The molecule has 2 fully saturated rings. The number of morpholine rings is 1. The third-order valence-electron chi connectivity index (χ3n) is 4.58. The zero-order chi connectivity index (χ0) is 15.5. The van der Waals surface area contributed by atoms with Crippen molar-refractivity contribution in [2.45, 2.75) is 19.4 Å². The second kappa shape index (κ2) is 6.62. The molecule has 0 aromatic carbocycles. The number of amides is 1. The number of hydrogen-bond acceptors (Lipinski definition) is 5. The molecule has 0 spiro atoms. The molecule has 0 saturated carbocycles. The molecular weight excluding hydrogens is 280 g/mol. The predicted octanol–water partition coefficient (Wildman–Crippen LogP) is 0.728. The maximum Gasteiger partial charge on any atom is 0.257 e. The first-order valence-electron chi connectivity index (χ1n) is 7.99. The second-order valence-corrected chi connectivity index (χ2v) is 6.12. The summed E-state index contributed by atoms with van der Waals surface area (Å²) in [5.74, 6) is 1.25. The van der Waals surface area contributed by atoms with Crippen LogP contribution in [0, 0.1) is 5.92 Å². The molecular formula is C16H24N4O2. The number of pyridine rings is 1. The molecule has 2 aliphatic rings.